The molecule has 0 spiro atoms. The molecule has 4 rings (SSSR count). The number of urea groups is 1. The lowest BCUT2D eigenvalue weighted by atomic mass is 10.1. The van der Waals surface area contributed by atoms with Crippen LogP contribution in [0, 0.1) is 0 Å². The van der Waals surface area contributed by atoms with E-state index in [4.69, 9.17) is 39.5 Å². The van der Waals surface area contributed by atoms with E-state index in [0.717, 1.165) is 4.90 Å². The average molecular weight is 560 g/mol. The summed E-state index contributed by atoms with van der Waals surface area (Å²) in [6.07, 6.45) is 1.31. The number of amides is 4. The van der Waals surface area contributed by atoms with E-state index in [2.05, 4.69) is 10.1 Å². The number of nitrogens with zero attached hydrogens (tertiary/aromatic N) is 1. The number of barbiturate groups is 1. The van der Waals surface area contributed by atoms with Crippen LogP contribution in [0.4, 0.5) is 10.5 Å². The number of halogens is 3. The van der Waals surface area contributed by atoms with Gasteiger partial charge in [0.15, 0.2) is 0 Å². The second kappa shape index (κ2) is 11.0. The van der Waals surface area contributed by atoms with Crippen LogP contribution in [0.15, 0.2) is 66.2 Å². The van der Waals surface area contributed by atoms with Crippen LogP contribution >= 0.6 is 34.8 Å². The Hall–Kier alpha value is -3.85. The summed E-state index contributed by atoms with van der Waals surface area (Å²) in [5.74, 6) is -1.91. The quantitative estimate of drug-likeness (QED) is 0.237. The SMILES string of the molecule is COC(=O)c1ccc(N2C(=O)NC(=O)/C(=C\c3ccc(OCc4ccc(Cl)cc4Cl)c(Cl)c3)C2=O)cc1. The van der Waals surface area contributed by atoms with Crippen LogP contribution in [0.3, 0.4) is 0 Å². The Kier molecular flexibility index (Phi) is 7.83. The van der Waals surface area contributed by atoms with Crippen molar-refractivity contribution in [3.63, 3.8) is 0 Å². The highest BCUT2D eigenvalue weighted by atomic mass is 35.5. The molecule has 8 nitrogen and oxygen atoms in total. The molecule has 188 valence electrons. The molecule has 0 unspecified atom stereocenters. The number of esters is 1. The van der Waals surface area contributed by atoms with Crippen molar-refractivity contribution in [3.8, 4) is 5.75 Å². The number of methoxy groups -OCH3 is 1. The summed E-state index contributed by atoms with van der Waals surface area (Å²) in [6.45, 7) is 0.142. The van der Waals surface area contributed by atoms with Gasteiger partial charge in [0.05, 0.1) is 23.4 Å². The van der Waals surface area contributed by atoms with E-state index in [9.17, 15) is 19.2 Å². The summed E-state index contributed by atoms with van der Waals surface area (Å²) in [6, 6.07) is 14.4. The predicted octanol–water partition coefficient (Wildman–Crippen LogP) is 5.68. The largest absolute Gasteiger partial charge is 0.487 e. The summed E-state index contributed by atoms with van der Waals surface area (Å²) < 4.78 is 10.4. The minimum absolute atomic E-state index is 0.142. The molecule has 1 N–H and O–H groups in total. The number of hydrogen-bond acceptors (Lipinski definition) is 6. The highest BCUT2D eigenvalue weighted by Gasteiger charge is 2.36. The lowest BCUT2D eigenvalue weighted by Crippen LogP contribution is -2.54. The molecular formula is C26H17Cl3N2O6. The molecule has 1 aliphatic rings. The van der Waals surface area contributed by atoms with Gasteiger partial charge in [-0.05, 0) is 60.2 Å². The van der Waals surface area contributed by atoms with Crippen LogP contribution in [0.1, 0.15) is 21.5 Å². The maximum atomic E-state index is 13.1. The van der Waals surface area contributed by atoms with Crippen molar-refractivity contribution in [3.05, 3.63) is 98.0 Å². The zero-order valence-electron chi connectivity index (χ0n) is 19.1. The minimum Gasteiger partial charge on any atom is -0.487 e. The van der Waals surface area contributed by atoms with E-state index in [1.54, 1.807) is 30.3 Å². The first-order valence-electron chi connectivity index (χ1n) is 10.6. The summed E-state index contributed by atoms with van der Waals surface area (Å²) in [5, 5.41) is 3.32. The molecule has 0 atom stereocenters. The monoisotopic (exact) mass is 558 g/mol. The minimum atomic E-state index is -0.916. The van der Waals surface area contributed by atoms with Crippen molar-refractivity contribution in [2.75, 3.05) is 12.0 Å². The molecule has 3 aromatic carbocycles. The molecule has 4 amide bonds. The molecule has 3 aromatic rings. The van der Waals surface area contributed by atoms with Gasteiger partial charge in [0.25, 0.3) is 11.8 Å². The van der Waals surface area contributed by atoms with Crippen molar-refractivity contribution >= 4 is 70.4 Å². The van der Waals surface area contributed by atoms with Gasteiger partial charge in [-0.1, -0.05) is 46.9 Å². The van der Waals surface area contributed by atoms with Gasteiger partial charge in [-0.15, -0.1) is 0 Å². The first kappa shape index (κ1) is 26.2. The molecule has 1 aliphatic heterocycles. The van der Waals surface area contributed by atoms with Crippen LogP contribution in [0.2, 0.25) is 15.1 Å². The number of benzene rings is 3. The highest BCUT2D eigenvalue weighted by Crippen LogP contribution is 2.30. The summed E-state index contributed by atoms with van der Waals surface area (Å²) in [4.78, 5) is 50.4. The highest BCUT2D eigenvalue weighted by molar-refractivity contribution is 6.39. The number of imide groups is 2. The predicted molar refractivity (Wildman–Crippen MR) is 139 cm³/mol. The smallest absolute Gasteiger partial charge is 0.337 e. The summed E-state index contributed by atoms with van der Waals surface area (Å²) in [5.41, 5.74) is 1.25. The molecule has 1 saturated heterocycles. The van der Waals surface area contributed by atoms with Crippen LogP contribution in [0.25, 0.3) is 6.08 Å². The Balaban J connectivity index is 1.55. The molecule has 0 bridgehead atoms. The number of carbonyl (C=O) groups excluding carboxylic acids is 4. The Bertz CT molecular complexity index is 1450. The van der Waals surface area contributed by atoms with E-state index in [0.29, 0.717) is 26.9 Å². The van der Waals surface area contributed by atoms with Gasteiger partial charge in [-0.3, -0.25) is 14.9 Å². The van der Waals surface area contributed by atoms with E-state index in [-0.39, 0.29) is 28.5 Å². The second-order valence-electron chi connectivity index (χ2n) is 7.71. The Labute approximate surface area is 226 Å². The van der Waals surface area contributed by atoms with Gasteiger partial charge in [0, 0.05) is 15.6 Å². The van der Waals surface area contributed by atoms with E-state index < -0.39 is 23.8 Å². The van der Waals surface area contributed by atoms with Gasteiger partial charge in [-0.25, -0.2) is 14.5 Å². The number of nitrogens with one attached hydrogen (secondary N) is 1. The van der Waals surface area contributed by atoms with Crippen LogP contribution < -0.4 is 15.0 Å². The van der Waals surface area contributed by atoms with Gasteiger partial charge in [0.1, 0.15) is 17.9 Å². The third-order valence-corrected chi connectivity index (χ3v) is 6.20. The number of ether oxygens (including phenoxy) is 2. The standard InChI is InChI=1S/C26H17Cl3N2O6/c1-36-25(34)15-4-7-18(8-5-15)31-24(33)19(23(32)30-26(31)35)10-14-2-9-22(21(29)11-14)37-13-16-3-6-17(27)12-20(16)28/h2-12H,13H2,1H3,(H,30,32,35)/b19-10+. The Morgan fingerprint density at radius 1 is 0.946 bits per heavy atom. The van der Waals surface area contributed by atoms with Crippen LogP contribution in [-0.4, -0.2) is 30.9 Å². The normalized spacial score (nSPS) is 14.5. The van der Waals surface area contributed by atoms with Gasteiger partial charge in [0.2, 0.25) is 0 Å². The van der Waals surface area contributed by atoms with Gasteiger partial charge >= 0.3 is 12.0 Å². The van der Waals surface area contributed by atoms with Crippen LogP contribution in [-0.2, 0) is 20.9 Å². The van der Waals surface area contributed by atoms with Gasteiger partial charge < -0.3 is 9.47 Å². The third kappa shape index (κ3) is 5.77. The lowest BCUT2D eigenvalue weighted by Gasteiger charge is -2.26. The fraction of sp³-hybridized carbons (Fsp3) is 0.0769. The van der Waals surface area contributed by atoms with E-state index in [1.165, 1.54) is 43.5 Å². The Morgan fingerprint density at radius 3 is 2.32 bits per heavy atom. The van der Waals surface area contributed by atoms with Crippen molar-refractivity contribution in [1.29, 1.82) is 0 Å². The van der Waals surface area contributed by atoms with Crippen LogP contribution in [0.5, 0.6) is 5.75 Å². The zero-order valence-corrected chi connectivity index (χ0v) is 21.4. The topological polar surface area (TPSA) is 102 Å². The molecular weight excluding hydrogens is 543 g/mol. The van der Waals surface area contributed by atoms with Crippen molar-refractivity contribution in [2.24, 2.45) is 0 Å². The Morgan fingerprint density at radius 2 is 1.68 bits per heavy atom. The summed E-state index contributed by atoms with van der Waals surface area (Å²) >= 11 is 18.4. The zero-order chi connectivity index (χ0) is 26.7. The van der Waals surface area contributed by atoms with E-state index >= 15 is 0 Å². The number of anilines is 1. The van der Waals surface area contributed by atoms with Crippen molar-refractivity contribution < 1.29 is 28.7 Å². The molecule has 1 fully saturated rings. The average Bonchev–Trinajstić information content (AvgIpc) is 2.86. The fourth-order valence-electron chi connectivity index (χ4n) is 3.44. The maximum absolute atomic E-state index is 13.1. The lowest BCUT2D eigenvalue weighted by molar-refractivity contribution is -0.122. The first-order valence-corrected chi connectivity index (χ1v) is 11.8. The summed E-state index contributed by atoms with van der Waals surface area (Å²) in [7, 11) is 1.24. The molecule has 0 aromatic heterocycles. The third-order valence-electron chi connectivity index (χ3n) is 5.31. The number of carbonyl (C=O) groups is 4. The molecule has 0 saturated carbocycles. The molecule has 1 heterocycles. The van der Waals surface area contributed by atoms with Crippen molar-refractivity contribution in [1.82, 2.24) is 5.32 Å². The van der Waals surface area contributed by atoms with Crippen molar-refractivity contribution in [2.45, 2.75) is 6.61 Å². The maximum Gasteiger partial charge on any atom is 0.337 e. The number of hydrogen-bond donors (Lipinski definition) is 1. The van der Waals surface area contributed by atoms with E-state index in [1.807, 2.05) is 0 Å². The molecule has 37 heavy (non-hydrogen) atoms. The molecule has 11 heteroatoms. The number of rotatable bonds is 6. The molecule has 0 radical (unpaired) electrons. The first-order chi connectivity index (χ1) is 17.7. The fourth-order valence-corrected chi connectivity index (χ4v) is 4.15. The van der Waals surface area contributed by atoms with Gasteiger partial charge in [-0.2, -0.15) is 0 Å². The molecule has 0 aliphatic carbocycles. The second-order valence-corrected chi connectivity index (χ2v) is 8.96.